The minimum Gasteiger partial charge on any atom is -0.391 e. The minimum absolute atomic E-state index is 0.0713. The third kappa shape index (κ3) is 2.19. The van der Waals surface area contributed by atoms with Gasteiger partial charge in [0, 0.05) is 24.7 Å². The van der Waals surface area contributed by atoms with Crippen LogP contribution >= 0.6 is 0 Å². The number of likely N-dealkylation sites (tertiary alicyclic amines) is 1. The summed E-state index contributed by atoms with van der Waals surface area (Å²) < 4.78 is 0. The van der Waals surface area contributed by atoms with Gasteiger partial charge in [-0.2, -0.15) is 0 Å². The van der Waals surface area contributed by atoms with E-state index >= 15 is 0 Å². The molecule has 0 aromatic heterocycles. The van der Waals surface area contributed by atoms with Crippen molar-refractivity contribution >= 4 is 0 Å². The van der Waals surface area contributed by atoms with Crippen molar-refractivity contribution in [2.75, 3.05) is 13.1 Å². The zero-order chi connectivity index (χ0) is 9.35. The second kappa shape index (κ2) is 3.32. The fraction of sp³-hybridized carbons (Fsp3) is 1.00. The Labute approximate surface area is 74.5 Å². The summed E-state index contributed by atoms with van der Waals surface area (Å²) in [6.45, 7) is 8.30. The van der Waals surface area contributed by atoms with Crippen molar-refractivity contribution in [1.82, 2.24) is 4.90 Å². The molecule has 0 unspecified atom stereocenters. The molecule has 0 radical (unpaired) electrons. The number of nitrogens with two attached hydrogens (primary N) is 1. The standard InChI is InChI=1S/C9H20N2O/c1-9(2,3)11-5-4-8(12)7(10)6-11/h7-8,12H,4-6,10H2,1-3H3/t7-,8-/m1/s1. The molecule has 3 heteroatoms. The van der Waals surface area contributed by atoms with Gasteiger partial charge in [-0.25, -0.2) is 0 Å². The maximum absolute atomic E-state index is 9.41. The van der Waals surface area contributed by atoms with Crippen molar-refractivity contribution in [3.8, 4) is 0 Å². The summed E-state index contributed by atoms with van der Waals surface area (Å²) >= 11 is 0. The van der Waals surface area contributed by atoms with Crippen LogP contribution in [0.25, 0.3) is 0 Å². The maximum Gasteiger partial charge on any atom is 0.0715 e. The van der Waals surface area contributed by atoms with Gasteiger partial charge in [0.1, 0.15) is 0 Å². The lowest BCUT2D eigenvalue weighted by Gasteiger charge is -2.42. The maximum atomic E-state index is 9.41. The van der Waals surface area contributed by atoms with Gasteiger partial charge in [0.15, 0.2) is 0 Å². The van der Waals surface area contributed by atoms with E-state index in [1.807, 2.05) is 0 Å². The van der Waals surface area contributed by atoms with Gasteiger partial charge in [-0.05, 0) is 27.2 Å². The Morgan fingerprint density at radius 2 is 2.00 bits per heavy atom. The van der Waals surface area contributed by atoms with Crippen LogP contribution in [0, 0.1) is 0 Å². The van der Waals surface area contributed by atoms with Crippen molar-refractivity contribution in [1.29, 1.82) is 0 Å². The van der Waals surface area contributed by atoms with Gasteiger partial charge in [-0.15, -0.1) is 0 Å². The lowest BCUT2D eigenvalue weighted by molar-refractivity contribution is 0.0219. The van der Waals surface area contributed by atoms with Crippen molar-refractivity contribution in [3.05, 3.63) is 0 Å². The van der Waals surface area contributed by atoms with Gasteiger partial charge >= 0.3 is 0 Å². The number of nitrogens with zero attached hydrogens (tertiary/aromatic N) is 1. The van der Waals surface area contributed by atoms with E-state index in [0.717, 1.165) is 19.5 Å². The molecule has 0 aliphatic carbocycles. The van der Waals surface area contributed by atoms with Gasteiger partial charge in [0.05, 0.1) is 6.10 Å². The SMILES string of the molecule is CC(C)(C)N1CC[C@@H](O)[C@H](N)C1. The van der Waals surface area contributed by atoms with Gasteiger partial charge in [-0.1, -0.05) is 0 Å². The second-order valence-electron chi connectivity index (χ2n) is 4.64. The van der Waals surface area contributed by atoms with E-state index < -0.39 is 0 Å². The lowest BCUT2D eigenvalue weighted by Crippen LogP contribution is -2.56. The van der Waals surface area contributed by atoms with E-state index in [1.54, 1.807) is 0 Å². The van der Waals surface area contributed by atoms with E-state index in [9.17, 15) is 5.11 Å². The molecule has 0 bridgehead atoms. The number of aliphatic hydroxyl groups excluding tert-OH is 1. The Balaban J connectivity index is 2.51. The average molecular weight is 172 g/mol. The molecule has 1 saturated heterocycles. The van der Waals surface area contributed by atoms with Crippen LogP contribution in [0.1, 0.15) is 27.2 Å². The first-order valence-corrected chi connectivity index (χ1v) is 4.60. The topological polar surface area (TPSA) is 49.5 Å². The molecule has 1 rings (SSSR count). The zero-order valence-electron chi connectivity index (χ0n) is 8.25. The molecule has 0 saturated carbocycles. The predicted octanol–water partition coefficient (Wildman–Crippen LogP) is 0.179. The van der Waals surface area contributed by atoms with Crippen molar-refractivity contribution in [2.45, 2.75) is 44.9 Å². The van der Waals surface area contributed by atoms with Crippen LogP contribution in [0.2, 0.25) is 0 Å². The fourth-order valence-electron chi connectivity index (χ4n) is 1.58. The fourth-order valence-corrected chi connectivity index (χ4v) is 1.58. The van der Waals surface area contributed by atoms with Crippen LogP contribution in [0.5, 0.6) is 0 Å². The number of hydrogen-bond donors (Lipinski definition) is 2. The van der Waals surface area contributed by atoms with E-state index in [4.69, 9.17) is 5.73 Å². The molecule has 0 aromatic rings. The average Bonchev–Trinajstić information content (AvgIpc) is 1.92. The molecule has 2 atom stereocenters. The summed E-state index contributed by atoms with van der Waals surface area (Å²) in [6.07, 6.45) is 0.502. The Kier molecular flexibility index (Phi) is 2.76. The molecule has 1 heterocycles. The zero-order valence-corrected chi connectivity index (χ0v) is 8.25. The highest BCUT2D eigenvalue weighted by Crippen LogP contribution is 2.19. The third-order valence-electron chi connectivity index (χ3n) is 2.57. The highest BCUT2D eigenvalue weighted by Gasteiger charge is 2.30. The monoisotopic (exact) mass is 172 g/mol. The van der Waals surface area contributed by atoms with Crippen LogP contribution in [-0.4, -0.2) is 40.8 Å². The molecule has 1 aliphatic heterocycles. The third-order valence-corrected chi connectivity index (χ3v) is 2.57. The molecule has 3 nitrogen and oxygen atoms in total. The summed E-state index contributed by atoms with van der Waals surface area (Å²) in [7, 11) is 0. The van der Waals surface area contributed by atoms with Gasteiger partial charge in [-0.3, -0.25) is 4.90 Å². The number of hydrogen-bond acceptors (Lipinski definition) is 3. The minimum atomic E-state index is -0.302. The molecule has 0 aromatic carbocycles. The normalized spacial score (nSPS) is 33.8. The molecular weight excluding hydrogens is 152 g/mol. The van der Waals surface area contributed by atoms with Crippen molar-refractivity contribution < 1.29 is 5.11 Å². The van der Waals surface area contributed by atoms with Crippen LogP contribution in [0.15, 0.2) is 0 Å². The summed E-state index contributed by atoms with van der Waals surface area (Å²) in [4.78, 5) is 2.32. The molecular formula is C9H20N2O. The lowest BCUT2D eigenvalue weighted by atomic mass is 9.97. The molecule has 72 valence electrons. The van der Waals surface area contributed by atoms with Crippen LogP contribution in [0.4, 0.5) is 0 Å². The Bertz CT molecular complexity index is 153. The first-order chi connectivity index (χ1) is 5.41. The Morgan fingerprint density at radius 3 is 2.42 bits per heavy atom. The van der Waals surface area contributed by atoms with Crippen LogP contribution in [0.3, 0.4) is 0 Å². The van der Waals surface area contributed by atoms with Crippen molar-refractivity contribution in [3.63, 3.8) is 0 Å². The first-order valence-electron chi connectivity index (χ1n) is 4.60. The quantitative estimate of drug-likeness (QED) is 0.548. The van der Waals surface area contributed by atoms with Crippen LogP contribution in [-0.2, 0) is 0 Å². The van der Waals surface area contributed by atoms with Gasteiger partial charge in [0.25, 0.3) is 0 Å². The number of rotatable bonds is 0. The molecule has 12 heavy (non-hydrogen) atoms. The molecule has 3 N–H and O–H groups in total. The number of piperidine rings is 1. The highest BCUT2D eigenvalue weighted by molar-refractivity contribution is 4.88. The smallest absolute Gasteiger partial charge is 0.0715 e. The highest BCUT2D eigenvalue weighted by atomic mass is 16.3. The predicted molar refractivity (Wildman–Crippen MR) is 49.9 cm³/mol. The second-order valence-corrected chi connectivity index (χ2v) is 4.64. The summed E-state index contributed by atoms with van der Waals surface area (Å²) in [5, 5.41) is 9.41. The molecule has 1 aliphatic rings. The summed E-state index contributed by atoms with van der Waals surface area (Å²) in [6, 6.07) is -0.0713. The molecule has 0 amide bonds. The summed E-state index contributed by atoms with van der Waals surface area (Å²) in [5.74, 6) is 0. The summed E-state index contributed by atoms with van der Waals surface area (Å²) in [5.41, 5.74) is 5.95. The van der Waals surface area contributed by atoms with Crippen LogP contribution < -0.4 is 5.73 Å². The largest absolute Gasteiger partial charge is 0.391 e. The van der Waals surface area contributed by atoms with Crippen molar-refractivity contribution in [2.24, 2.45) is 5.73 Å². The van der Waals surface area contributed by atoms with Gasteiger partial charge in [0.2, 0.25) is 0 Å². The van der Waals surface area contributed by atoms with E-state index in [-0.39, 0.29) is 17.7 Å². The first kappa shape index (κ1) is 9.96. The number of aliphatic hydroxyl groups is 1. The van der Waals surface area contributed by atoms with Gasteiger partial charge < -0.3 is 10.8 Å². The molecule has 0 spiro atoms. The van der Waals surface area contributed by atoms with E-state index in [2.05, 4.69) is 25.7 Å². The van der Waals surface area contributed by atoms with E-state index in [0.29, 0.717) is 0 Å². The Hall–Kier alpha value is -0.120. The van der Waals surface area contributed by atoms with E-state index in [1.165, 1.54) is 0 Å². The molecule has 1 fully saturated rings. The Morgan fingerprint density at radius 1 is 1.42 bits per heavy atom.